The Morgan fingerprint density at radius 3 is 2.25 bits per heavy atom. The minimum atomic E-state index is -0.453. The maximum absolute atomic E-state index is 10.0. The number of hydrogen-bond acceptors (Lipinski definition) is 2. The Kier molecular flexibility index (Phi) is 4.97. The second-order valence-electron chi connectivity index (χ2n) is 5.10. The highest BCUT2D eigenvalue weighted by Gasteiger charge is 2.01. The smallest absolute Gasteiger partial charge is 0.0764 e. The van der Waals surface area contributed by atoms with Crippen molar-refractivity contribution in [1.82, 2.24) is 0 Å². The number of rotatable bonds is 5. The molecule has 2 aromatic carbocycles. The van der Waals surface area contributed by atoms with Crippen LogP contribution in [0.4, 0.5) is 5.69 Å². The molecule has 0 radical (unpaired) electrons. The van der Waals surface area contributed by atoms with E-state index in [0.717, 1.165) is 11.1 Å². The zero-order chi connectivity index (χ0) is 14.4. The number of aliphatic hydroxyl groups is 1. The first-order valence-corrected chi connectivity index (χ1v) is 6.83. The van der Waals surface area contributed by atoms with Crippen molar-refractivity contribution in [2.45, 2.75) is 12.5 Å². The van der Waals surface area contributed by atoms with Gasteiger partial charge in [0, 0.05) is 26.2 Å². The predicted molar refractivity (Wildman–Crippen MR) is 86.0 cm³/mol. The number of hydrogen-bond donors (Lipinski definition) is 1. The number of benzene rings is 2. The molecule has 20 heavy (non-hydrogen) atoms. The summed E-state index contributed by atoms with van der Waals surface area (Å²) in [6.07, 6.45) is 4.00. The first kappa shape index (κ1) is 14.4. The van der Waals surface area contributed by atoms with Crippen molar-refractivity contribution in [3.8, 4) is 0 Å². The molecule has 0 amide bonds. The summed E-state index contributed by atoms with van der Waals surface area (Å²) in [6, 6.07) is 18.3. The van der Waals surface area contributed by atoms with E-state index in [1.165, 1.54) is 5.69 Å². The number of nitrogens with zero attached hydrogens (tertiary/aromatic N) is 1. The van der Waals surface area contributed by atoms with Gasteiger partial charge in [0.15, 0.2) is 0 Å². The average Bonchev–Trinajstić information content (AvgIpc) is 2.46. The van der Waals surface area contributed by atoms with Crippen LogP contribution < -0.4 is 4.90 Å². The van der Waals surface area contributed by atoms with Crippen molar-refractivity contribution in [3.63, 3.8) is 0 Å². The lowest BCUT2D eigenvalue weighted by molar-refractivity contribution is 0.224. The fraction of sp³-hybridized carbons (Fsp3) is 0.222. The lowest BCUT2D eigenvalue weighted by Crippen LogP contribution is -2.08. The van der Waals surface area contributed by atoms with Crippen LogP contribution in [0.25, 0.3) is 6.08 Å². The van der Waals surface area contributed by atoms with E-state index in [-0.39, 0.29) is 0 Å². The van der Waals surface area contributed by atoms with Crippen LogP contribution in [0.1, 0.15) is 11.1 Å². The summed E-state index contributed by atoms with van der Waals surface area (Å²) in [4.78, 5) is 2.07. The lowest BCUT2D eigenvalue weighted by atomic mass is 10.1. The molecule has 2 rings (SSSR count). The molecule has 2 nitrogen and oxygen atoms in total. The standard InChI is InChI=1S/C18H21NO/c1-19(2)17-11-8-15(9-12-17)10-13-18(20)14-16-6-4-3-5-7-16/h3-13,18,20H,14H2,1-2H3. The zero-order valence-electron chi connectivity index (χ0n) is 12.0. The number of aliphatic hydroxyl groups excluding tert-OH is 1. The molecule has 0 saturated heterocycles. The Balaban J connectivity index is 1.95. The molecule has 0 aliphatic rings. The second kappa shape index (κ2) is 6.92. The summed E-state index contributed by atoms with van der Waals surface area (Å²) in [5, 5.41) is 10.0. The molecule has 1 unspecified atom stereocenters. The van der Waals surface area contributed by atoms with Crippen LogP contribution in [-0.2, 0) is 6.42 Å². The van der Waals surface area contributed by atoms with Gasteiger partial charge in [0.05, 0.1) is 6.10 Å². The fourth-order valence-corrected chi connectivity index (χ4v) is 2.03. The van der Waals surface area contributed by atoms with E-state index in [1.54, 1.807) is 0 Å². The van der Waals surface area contributed by atoms with Gasteiger partial charge in [0.25, 0.3) is 0 Å². The Hall–Kier alpha value is -2.06. The normalized spacial score (nSPS) is 12.6. The quantitative estimate of drug-likeness (QED) is 0.898. The SMILES string of the molecule is CN(C)c1ccc(C=CC(O)Cc2ccccc2)cc1. The molecule has 104 valence electrons. The summed E-state index contributed by atoms with van der Waals surface area (Å²) >= 11 is 0. The maximum Gasteiger partial charge on any atom is 0.0764 e. The van der Waals surface area contributed by atoms with Crippen LogP contribution >= 0.6 is 0 Å². The first-order valence-electron chi connectivity index (χ1n) is 6.83. The average molecular weight is 267 g/mol. The molecule has 0 aromatic heterocycles. The van der Waals surface area contributed by atoms with Crippen LogP contribution in [0.5, 0.6) is 0 Å². The zero-order valence-corrected chi connectivity index (χ0v) is 12.0. The molecule has 0 spiro atoms. The molecule has 0 aliphatic carbocycles. The number of anilines is 1. The van der Waals surface area contributed by atoms with Gasteiger partial charge < -0.3 is 10.0 Å². The van der Waals surface area contributed by atoms with E-state index in [4.69, 9.17) is 0 Å². The third-order valence-corrected chi connectivity index (χ3v) is 3.21. The van der Waals surface area contributed by atoms with Crippen molar-refractivity contribution < 1.29 is 5.11 Å². The fourth-order valence-electron chi connectivity index (χ4n) is 2.03. The van der Waals surface area contributed by atoms with E-state index in [2.05, 4.69) is 29.2 Å². The summed E-state index contributed by atoms with van der Waals surface area (Å²) in [5.41, 5.74) is 3.42. The van der Waals surface area contributed by atoms with Crippen molar-refractivity contribution in [1.29, 1.82) is 0 Å². The molecule has 0 heterocycles. The van der Waals surface area contributed by atoms with Gasteiger partial charge in [-0.25, -0.2) is 0 Å². The van der Waals surface area contributed by atoms with Gasteiger partial charge in [-0.2, -0.15) is 0 Å². The van der Waals surface area contributed by atoms with Gasteiger partial charge in [0.1, 0.15) is 0 Å². The molecule has 2 aromatic rings. The lowest BCUT2D eigenvalue weighted by Gasteiger charge is -2.12. The third kappa shape index (κ3) is 4.25. The van der Waals surface area contributed by atoms with Crippen LogP contribution in [0.2, 0.25) is 0 Å². The molecule has 0 bridgehead atoms. The van der Waals surface area contributed by atoms with Gasteiger partial charge in [0.2, 0.25) is 0 Å². The van der Waals surface area contributed by atoms with E-state index < -0.39 is 6.10 Å². The largest absolute Gasteiger partial charge is 0.389 e. The summed E-state index contributed by atoms with van der Waals surface area (Å²) < 4.78 is 0. The second-order valence-corrected chi connectivity index (χ2v) is 5.10. The van der Waals surface area contributed by atoms with E-state index >= 15 is 0 Å². The summed E-state index contributed by atoms with van der Waals surface area (Å²) in [7, 11) is 4.04. The molecule has 2 heteroatoms. The first-order chi connectivity index (χ1) is 9.65. The van der Waals surface area contributed by atoms with Crippen molar-refractivity contribution >= 4 is 11.8 Å². The van der Waals surface area contributed by atoms with Gasteiger partial charge >= 0.3 is 0 Å². The van der Waals surface area contributed by atoms with Crippen molar-refractivity contribution in [2.24, 2.45) is 0 Å². The molecule has 0 saturated carbocycles. The molecule has 1 N–H and O–H groups in total. The van der Waals surface area contributed by atoms with Crippen LogP contribution in [-0.4, -0.2) is 25.3 Å². The topological polar surface area (TPSA) is 23.5 Å². The van der Waals surface area contributed by atoms with Crippen LogP contribution in [0.15, 0.2) is 60.7 Å². The van der Waals surface area contributed by atoms with Gasteiger partial charge in [-0.1, -0.05) is 54.6 Å². The molecule has 0 fully saturated rings. The van der Waals surface area contributed by atoms with Gasteiger partial charge in [-0.15, -0.1) is 0 Å². The van der Waals surface area contributed by atoms with E-state index in [0.29, 0.717) is 6.42 Å². The highest BCUT2D eigenvalue weighted by atomic mass is 16.3. The van der Waals surface area contributed by atoms with E-state index in [1.807, 2.05) is 56.6 Å². The maximum atomic E-state index is 10.0. The van der Waals surface area contributed by atoms with Gasteiger partial charge in [-0.05, 0) is 23.3 Å². The Labute approximate surface area is 121 Å². The monoisotopic (exact) mass is 267 g/mol. The third-order valence-electron chi connectivity index (χ3n) is 3.21. The minimum Gasteiger partial charge on any atom is -0.389 e. The molecular formula is C18H21NO. The van der Waals surface area contributed by atoms with Crippen LogP contribution in [0.3, 0.4) is 0 Å². The molecule has 0 aliphatic heterocycles. The minimum absolute atomic E-state index is 0.453. The Bertz CT molecular complexity index is 543. The Morgan fingerprint density at radius 2 is 1.65 bits per heavy atom. The highest BCUT2D eigenvalue weighted by Crippen LogP contribution is 2.14. The van der Waals surface area contributed by atoms with E-state index in [9.17, 15) is 5.11 Å². The highest BCUT2D eigenvalue weighted by molar-refractivity contribution is 5.55. The summed E-state index contributed by atoms with van der Waals surface area (Å²) in [5.74, 6) is 0. The van der Waals surface area contributed by atoms with Crippen molar-refractivity contribution in [3.05, 3.63) is 71.8 Å². The van der Waals surface area contributed by atoms with Crippen LogP contribution in [0, 0.1) is 0 Å². The summed E-state index contributed by atoms with van der Waals surface area (Å²) in [6.45, 7) is 0. The predicted octanol–water partition coefficient (Wildman–Crippen LogP) is 3.37. The van der Waals surface area contributed by atoms with Crippen molar-refractivity contribution in [2.75, 3.05) is 19.0 Å². The van der Waals surface area contributed by atoms with Gasteiger partial charge in [-0.3, -0.25) is 0 Å². The molecular weight excluding hydrogens is 246 g/mol. The molecule has 1 atom stereocenters. The Morgan fingerprint density at radius 1 is 1.00 bits per heavy atom.